The van der Waals surface area contributed by atoms with Crippen LogP contribution in [-0.4, -0.2) is 77.4 Å². The molecule has 0 aromatic carbocycles. The lowest BCUT2D eigenvalue weighted by Gasteiger charge is -2.26. The zero-order valence-electron chi connectivity index (χ0n) is 20.9. The molecule has 4 amide bonds. The van der Waals surface area contributed by atoms with E-state index in [9.17, 15) is 29.1 Å². The zero-order chi connectivity index (χ0) is 27.0. The molecular formula is C22H42N6O6S. The quantitative estimate of drug-likeness (QED) is 0.105. The minimum atomic E-state index is -1.16. The third kappa shape index (κ3) is 13.3. The van der Waals surface area contributed by atoms with Crippen molar-refractivity contribution in [1.29, 1.82) is 0 Å². The molecule has 0 aromatic rings. The summed E-state index contributed by atoms with van der Waals surface area (Å²) in [7, 11) is 0. The van der Waals surface area contributed by atoms with Gasteiger partial charge in [-0.15, -0.1) is 0 Å². The number of hydrogen-bond donors (Lipinski definition) is 7. The Morgan fingerprint density at radius 2 is 1.49 bits per heavy atom. The van der Waals surface area contributed by atoms with E-state index in [1.807, 2.05) is 13.2 Å². The Bertz CT molecular complexity index is 710. The maximum Gasteiger partial charge on any atom is 0.326 e. The van der Waals surface area contributed by atoms with Gasteiger partial charge in [-0.25, -0.2) is 4.79 Å². The molecule has 10 N–H and O–H groups in total. The monoisotopic (exact) mass is 518 g/mol. The summed E-state index contributed by atoms with van der Waals surface area (Å²) in [5.74, 6) is -3.32. The fourth-order valence-corrected chi connectivity index (χ4v) is 3.65. The second-order valence-corrected chi connectivity index (χ2v) is 9.50. The van der Waals surface area contributed by atoms with Crippen LogP contribution in [0.15, 0.2) is 0 Å². The predicted octanol–water partition coefficient (Wildman–Crippen LogP) is -0.954. The first-order valence-corrected chi connectivity index (χ1v) is 13.2. The summed E-state index contributed by atoms with van der Waals surface area (Å²) < 4.78 is 0. The van der Waals surface area contributed by atoms with Crippen LogP contribution in [0.25, 0.3) is 0 Å². The van der Waals surface area contributed by atoms with Crippen LogP contribution in [0.5, 0.6) is 0 Å². The predicted molar refractivity (Wildman–Crippen MR) is 135 cm³/mol. The molecule has 13 heteroatoms. The molecule has 5 atom stereocenters. The highest BCUT2D eigenvalue weighted by molar-refractivity contribution is 7.98. The van der Waals surface area contributed by atoms with E-state index in [0.29, 0.717) is 31.6 Å². The molecule has 0 aliphatic rings. The van der Waals surface area contributed by atoms with Crippen molar-refractivity contribution in [3.05, 3.63) is 0 Å². The van der Waals surface area contributed by atoms with Gasteiger partial charge < -0.3 is 38.3 Å². The maximum atomic E-state index is 13.1. The molecule has 0 fully saturated rings. The molecule has 0 aliphatic heterocycles. The molecule has 12 nitrogen and oxygen atoms in total. The molecule has 0 heterocycles. The van der Waals surface area contributed by atoms with Crippen molar-refractivity contribution < 1.29 is 29.1 Å². The van der Waals surface area contributed by atoms with Crippen molar-refractivity contribution in [2.24, 2.45) is 23.1 Å². The van der Waals surface area contributed by atoms with E-state index in [1.165, 1.54) is 11.8 Å². The summed E-state index contributed by atoms with van der Waals surface area (Å²) in [6.45, 7) is 3.94. The molecule has 0 saturated heterocycles. The molecule has 35 heavy (non-hydrogen) atoms. The molecule has 5 unspecified atom stereocenters. The number of carboxylic acid groups (broad SMARTS) is 1. The van der Waals surface area contributed by atoms with Gasteiger partial charge in [0, 0.05) is 6.42 Å². The first-order chi connectivity index (χ1) is 16.5. The Labute approximate surface area is 211 Å². The molecule has 0 spiro atoms. The van der Waals surface area contributed by atoms with Crippen molar-refractivity contribution >= 4 is 41.4 Å². The van der Waals surface area contributed by atoms with Gasteiger partial charge in [-0.3, -0.25) is 19.2 Å². The molecule has 0 bridgehead atoms. The molecule has 0 aliphatic carbocycles. The lowest BCUT2D eigenvalue weighted by atomic mass is 9.98. The van der Waals surface area contributed by atoms with Gasteiger partial charge in [0.25, 0.3) is 0 Å². The van der Waals surface area contributed by atoms with Crippen LogP contribution in [0, 0.1) is 5.92 Å². The number of carbonyl (C=O) groups excluding carboxylic acids is 4. The SMILES string of the molecule is CCC(C)C(NC(=O)C(CCCCN)NC(=O)C(CCSC)NC(=O)C(N)CCC(N)=O)C(=O)O. The molecule has 0 aromatic heterocycles. The van der Waals surface area contributed by atoms with E-state index >= 15 is 0 Å². The Hall–Kier alpha value is -2.38. The largest absolute Gasteiger partial charge is 0.480 e. The van der Waals surface area contributed by atoms with Crippen LogP contribution < -0.4 is 33.2 Å². The zero-order valence-corrected chi connectivity index (χ0v) is 21.7. The number of carbonyl (C=O) groups is 5. The molecular weight excluding hydrogens is 476 g/mol. The van der Waals surface area contributed by atoms with Crippen LogP contribution in [0.1, 0.15) is 58.8 Å². The van der Waals surface area contributed by atoms with E-state index < -0.39 is 53.8 Å². The summed E-state index contributed by atoms with van der Waals surface area (Å²) in [4.78, 5) is 61.1. The van der Waals surface area contributed by atoms with Crippen molar-refractivity contribution in [3.63, 3.8) is 0 Å². The number of unbranched alkanes of at least 4 members (excludes halogenated alkanes) is 1. The lowest BCUT2D eigenvalue weighted by Crippen LogP contribution is -2.57. The van der Waals surface area contributed by atoms with Crippen LogP contribution in [0.4, 0.5) is 0 Å². The van der Waals surface area contributed by atoms with Gasteiger partial charge in [-0.1, -0.05) is 20.3 Å². The number of hydrogen-bond acceptors (Lipinski definition) is 8. The van der Waals surface area contributed by atoms with Crippen LogP contribution in [0.2, 0.25) is 0 Å². The van der Waals surface area contributed by atoms with Crippen LogP contribution >= 0.6 is 11.8 Å². The van der Waals surface area contributed by atoms with Crippen molar-refractivity contribution in [3.8, 4) is 0 Å². The van der Waals surface area contributed by atoms with Gasteiger partial charge in [-0.05, 0) is 56.6 Å². The lowest BCUT2D eigenvalue weighted by molar-refractivity contribution is -0.144. The minimum absolute atomic E-state index is 0.0361. The maximum absolute atomic E-state index is 13.1. The second kappa shape index (κ2) is 18.0. The minimum Gasteiger partial charge on any atom is -0.480 e. The number of primary amides is 1. The molecule has 0 radical (unpaired) electrons. The van der Waals surface area contributed by atoms with Gasteiger partial charge in [0.1, 0.15) is 18.1 Å². The summed E-state index contributed by atoms with van der Waals surface area (Å²) in [6.07, 6.45) is 4.05. The molecule has 0 saturated carbocycles. The van der Waals surface area contributed by atoms with E-state index in [-0.39, 0.29) is 31.6 Å². The first kappa shape index (κ1) is 32.6. The van der Waals surface area contributed by atoms with E-state index in [2.05, 4.69) is 16.0 Å². The fourth-order valence-electron chi connectivity index (χ4n) is 3.18. The normalized spacial score (nSPS) is 15.2. The Morgan fingerprint density at radius 1 is 0.914 bits per heavy atom. The fraction of sp³-hybridized carbons (Fsp3) is 0.773. The summed E-state index contributed by atoms with van der Waals surface area (Å²) in [5, 5.41) is 17.3. The average molecular weight is 519 g/mol. The van der Waals surface area contributed by atoms with E-state index in [0.717, 1.165) is 0 Å². The number of nitrogens with two attached hydrogens (primary N) is 3. The van der Waals surface area contributed by atoms with Gasteiger partial charge >= 0.3 is 5.97 Å². The Balaban J connectivity index is 5.49. The van der Waals surface area contributed by atoms with E-state index in [1.54, 1.807) is 6.92 Å². The topological polar surface area (TPSA) is 220 Å². The highest BCUT2D eigenvalue weighted by Gasteiger charge is 2.31. The Kier molecular flexibility index (Phi) is 16.7. The smallest absolute Gasteiger partial charge is 0.326 e. The van der Waals surface area contributed by atoms with Gasteiger partial charge in [-0.2, -0.15) is 11.8 Å². The number of amides is 4. The number of nitrogens with one attached hydrogen (secondary N) is 3. The summed E-state index contributed by atoms with van der Waals surface area (Å²) in [6, 6.07) is -4.10. The third-order valence-corrected chi connectivity index (χ3v) is 6.28. The highest BCUT2D eigenvalue weighted by Crippen LogP contribution is 2.10. The average Bonchev–Trinajstić information content (AvgIpc) is 2.81. The van der Waals surface area contributed by atoms with Gasteiger partial charge in [0.15, 0.2) is 0 Å². The molecule has 0 rings (SSSR count). The van der Waals surface area contributed by atoms with Crippen molar-refractivity contribution in [2.75, 3.05) is 18.6 Å². The number of aliphatic carboxylic acids is 1. The molecule has 202 valence electrons. The third-order valence-electron chi connectivity index (χ3n) is 5.64. The summed E-state index contributed by atoms with van der Waals surface area (Å²) in [5.41, 5.74) is 16.4. The Morgan fingerprint density at radius 3 is 2.00 bits per heavy atom. The first-order valence-electron chi connectivity index (χ1n) is 11.8. The van der Waals surface area contributed by atoms with Crippen LogP contribution in [0.3, 0.4) is 0 Å². The number of thioether (sulfide) groups is 1. The van der Waals surface area contributed by atoms with Crippen molar-refractivity contribution in [2.45, 2.75) is 83.0 Å². The highest BCUT2D eigenvalue weighted by atomic mass is 32.2. The summed E-state index contributed by atoms with van der Waals surface area (Å²) >= 11 is 1.47. The van der Waals surface area contributed by atoms with Crippen LogP contribution in [-0.2, 0) is 24.0 Å². The standard InChI is InChI=1S/C22H42N6O6S/c1-4-13(2)18(22(33)34)28-21(32)15(7-5-6-11-23)27-20(31)16(10-12-35-3)26-19(30)14(24)8-9-17(25)29/h13-16,18H,4-12,23-24H2,1-3H3,(H2,25,29)(H,26,30)(H,27,31)(H,28,32)(H,33,34). The van der Waals surface area contributed by atoms with Gasteiger partial charge in [0.2, 0.25) is 23.6 Å². The van der Waals surface area contributed by atoms with Gasteiger partial charge in [0.05, 0.1) is 6.04 Å². The van der Waals surface area contributed by atoms with Crippen molar-refractivity contribution in [1.82, 2.24) is 16.0 Å². The number of rotatable bonds is 19. The number of carboxylic acids is 1. The second-order valence-electron chi connectivity index (χ2n) is 8.51. The van der Waals surface area contributed by atoms with E-state index in [4.69, 9.17) is 17.2 Å².